The number of aromatic nitrogens is 4. The van der Waals surface area contributed by atoms with Gasteiger partial charge in [-0.3, -0.25) is 4.98 Å². The number of sulfonamides is 1. The van der Waals surface area contributed by atoms with E-state index in [4.69, 9.17) is 9.47 Å². The third-order valence-corrected chi connectivity index (χ3v) is 7.12. The largest absolute Gasteiger partial charge is 0.493 e. The van der Waals surface area contributed by atoms with E-state index < -0.39 is 10.0 Å². The van der Waals surface area contributed by atoms with Crippen molar-refractivity contribution in [3.63, 3.8) is 0 Å². The first-order chi connectivity index (χ1) is 14.5. The topological polar surface area (TPSA) is 99.4 Å². The summed E-state index contributed by atoms with van der Waals surface area (Å²) in [7, 11) is -0.762. The molecule has 1 fully saturated rings. The predicted molar refractivity (Wildman–Crippen MR) is 109 cm³/mol. The molecule has 1 aromatic carbocycles. The first-order valence-electron chi connectivity index (χ1n) is 9.55. The van der Waals surface area contributed by atoms with Crippen LogP contribution in [0.15, 0.2) is 53.9 Å². The van der Waals surface area contributed by atoms with Crippen LogP contribution in [0.2, 0.25) is 0 Å². The summed E-state index contributed by atoms with van der Waals surface area (Å²) in [5.41, 5.74) is 1.04. The van der Waals surface area contributed by atoms with Crippen molar-refractivity contribution < 1.29 is 17.9 Å². The molecule has 0 saturated carbocycles. The number of benzene rings is 1. The molecule has 1 atom stereocenters. The van der Waals surface area contributed by atoms with Crippen molar-refractivity contribution in [3.05, 3.63) is 60.4 Å². The van der Waals surface area contributed by atoms with E-state index in [1.54, 1.807) is 24.8 Å². The van der Waals surface area contributed by atoms with Crippen LogP contribution in [0.1, 0.15) is 30.3 Å². The van der Waals surface area contributed by atoms with Gasteiger partial charge in [-0.1, -0.05) is 0 Å². The average molecular weight is 430 g/mol. The van der Waals surface area contributed by atoms with E-state index in [2.05, 4.69) is 15.2 Å². The second kappa shape index (κ2) is 8.41. The molecule has 3 aromatic rings. The minimum atomic E-state index is -3.75. The molecule has 0 bridgehead atoms. The maximum absolute atomic E-state index is 13.4. The Bertz CT molecular complexity index is 1120. The van der Waals surface area contributed by atoms with E-state index in [1.165, 1.54) is 30.7 Å². The van der Waals surface area contributed by atoms with Gasteiger partial charge < -0.3 is 14.0 Å². The summed E-state index contributed by atoms with van der Waals surface area (Å²) >= 11 is 0. The zero-order valence-corrected chi connectivity index (χ0v) is 17.6. The van der Waals surface area contributed by atoms with Crippen LogP contribution in [0.3, 0.4) is 0 Å². The van der Waals surface area contributed by atoms with E-state index in [0.717, 1.165) is 12.0 Å². The molecule has 3 heterocycles. The lowest BCUT2D eigenvalue weighted by atomic mass is 10.2. The molecule has 2 aromatic heterocycles. The van der Waals surface area contributed by atoms with Crippen molar-refractivity contribution in [2.45, 2.75) is 30.3 Å². The van der Waals surface area contributed by atoms with Crippen molar-refractivity contribution >= 4 is 10.0 Å². The summed E-state index contributed by atoms with van der Waals surface area (Å²) < 4.78 is 40.8. The summed E-state index contributed by atoms with van der Waals surface area (Å²) in [6.45, 7) is 0.967. The minimum absolute atomic E-state index is 0.159. The summed E-state index contributed by atoms with van der Waals surface area (Å²) in [5.74, 6) is 1.48. The van der Waals surface area contributed by atoms with Gasteiger partial charge in [0.1, 0.15) is 6.33 Å². The highest BCUT2D eigenvalue weighted by Gasteiger charge is 2.39. The molecule has 0 N–H and O–H groups in total. The smallest absolute Gasteiger partial charge is 0.243 e. The van der Waals surface area contributed by atoms with E-state index in [1.807, 2.05) is 16.7 Å². The van der Waals surface area contributed by atoms with Gasteiger partial charge >= 0.3 is 0 Å². The number of pyridine rings is 1. The van der Waals surface area contributed by atoms with Gasteiger partial charge in [0.05, 0.1) is 31.7 Å². The highest BCUT2D eigenvalue weighted by atomic mass is 32.2. The first-order valence-corrected chi connectivity index (χ1v) is 11.0. The SMILES string of the molecule is COc1ccc(S(=O)(=O)N2CCCC2c2nncn2Cc2ccncc2)cc1OC. The average Bonchev–Trinajstić information content (AvgIpc) is 3.43. The van der Waals surface area contributed by atoms with Gasteiger partial charge in [-0.25, -0.2) is 8.42 Å². The molecule has 0 amide bonds. The highest BCUT2D eigenvalue weighted by Crippen LogP contribution is 2.38. The van der Waals surface area contributed by atoms with E-state index >= 15 is 0 Å². The molecule has 0 spiro atoms. The maximum Gasteiger partial charge on any atom is 0.243 e. The molecule has 10 heteroatoms. The predicted octanol–water partition coefficient (Wildman–Crippen LogP) is 2.26. The molecule has 1 unspecified atom stereocenters. The van der Waals surface area contributed by atoms with Crippen molar-refractivity contribution in [1.82, 2.24) is 24.1 Å². The number of nitrogens with zero attached hydrogens (tertiary/aromatic N) is 5. The Labute approximate surface area is 175 Å². The second-order valence-electron chi connectivity index (χ2n) is 6.96. The fourth-order valence-corrected chi connectivity index (χ4v) is 5.40. The lowest BCUT2D eigenvalue weighted by Gasteiger charge is -2.24. The van der Waals surface area contributed by atoms with Crippen LogP contribution in [0, 0.1) is 0 Å². The van der Waals surface area contributed by atoms with Crippen molar-refractivity contribution in [2.24, 2.45) is 0 Å². The fraction of sp³-hybridized carbons (Fsp3) is 0.350. The van der Waals surface area contributed by atoms with E-state index in [0.29, 0.717) is 36.8 Å². The molecule has 30 heavy (non-hydrogen) atoms. The molecule has 1 aliphatic rings. The summed E-state index contributed by atoms with van der Waals surface area (Å²) in [4.78, 5) is 4.19. The van der Waals surface area contributed by atoms with Crippen LogP contribution in [0.5, 0.6) is 11.5 Å². The number of methoxy groups -OCH3 is 2. The Hall–Kier alpha value is -2.98. The molecule has 9 nitrogen and oxygen atoms in total. The van der Waals surface area contributed by atoms with Crippen LogP contribution < -0.4 is 9.47 Å². The maximum atomic E-state index is 13.4. The molecular weight excluding hydrogens is 406 g/mol. The van der Waals surface area contributed by atoms with Gasteiger partial charge in [0.2, 0.25) is 10.0 Å². The van der Waals surface area contributed by atoms with Crippen molar-refractivity contribution in [1.29, 1.82) is 0 Å². The highest BCUT2D eigenvalue weighted by molar-refractivity contribution is 7.89. The molecule has 0 aliphatic carbocycles. The third-order valence-electron chi connectivity index (χ3n) is 5.21. The Balaban J connectivity index is 1.65. The molecule has 4 rings (SSSR count). The molecular formula is C20H23N5O4S. The van der Waals surface area contributed by atoms with Gasteiger partial charge in [-0.15, -0.1) is 10.2 Å². The zero-order chi connectivity index (χ0) is 21.1. The number of hydrogen-bond acceptors (Lipinski definition) is 7. The van der Waals surface area contributed by atoms with Crippen LogP contribution in [0.25, 0.3) is 0 Å². The Morgan fingerprint density at radius 3 is 2.60 bits per heavy atom. The Kier molecular flexibility index (Phi) is 5.69. The van der Waals surface area contributed by atoms with Gasteiger partial charge in [-0.05, 0) is 42.7 Å². The van der Waals surface area contributed by atoms with E-state index in [-0.39, 0.29) is 10.9 Å². The monoisotopic (exact) mass is 429 g/mol. The van der Waals surface area contributed by atoms with Crippen LogP contribution in [0.4, 0.5) is 0 Å². The third kappa shape index (κ3) is 3.75. The standard InChI is InChI=1S/C20H23N5O4S/c1-28-18-6-5-16(12-19(18)29-2)30(26,27)25-11-3-4-17(25)20-23-22-14-24(20)13-15-7-9-21-10-8-15/h5-10,12,14,17H,3-4,11,13H2,1-2H3. The summed E-state index contributed by atoms with van der Waals surface area (Å²) in [5, 5.41) is 8.30. The Morgan fingerprint density at radius 1 is 1.10 bits per heavy atom. The lowest BCUT2D eigenvalue weighted by molar-refractivity contribution is 0.352. The quantitative estimate of drug-likeness (QED) is 0.568. The molecule has 1 saturated heterocycles. The van der Waals surface area contributed by atoms with Gasteiger partial charge in [0.15, 0.2) is 17.3 Å². The first kappa shape index (κ1) is 20.3. The number of hydrogen-bond donors (Lipinski definition) is 0. The molecule has 1 aliphatic heterocycles. The number of rotatable bonds is 7. The molecule has 0 radical (unpaired) electrons. The summed E-state index contributed by atoms with van der Waals surface area (Å²) in [6.07, 6.45) is 6.52. The summed E-state index contributed by atoms with van der Waals surface area (Å²) in [6, 6.07) is 8.07. The van der Waals surface area contributed by atoms with Gasteiger partial charge in [0, 0.05) is 25.0 Å². The van der Waals surface area contributed by atoms with Crippen LogP contribution >= 0.6 is 0 Å². The van der Waals surface area contributed by atoms with Gasteiger partial charge in [0.25, 0.3) is 0 Å². The number of ether oxygens (including phenoxy) is 2. The molecule has 158 valence electrons. The fourth-order valence-electron chi connectivity index (χ4n) is 3.73. The lowest BCUT2D eigenvalue weighted by Crippen LogP contribution is -2.32. The Morgan fingerprint density at radius 2 is 1.87 bits per heavy atom. The normalized spacial score (nSPS) is 17.2. The van der Waals surface area contributed by atoms with E-state index in [9.17, 15) is 8.42 Å². The second-order valence-corrected chi connectivity index (χ2v) is 8.85. The van der Waals surface area contributed by atoms with Crippen molar-refractivity contribution in [2.75, 3.05) is 20.8 Å². The van der Waals surface area contributed by atoms with Gasteiger partial charge in [-0.2, -0.15) is 4.31 Å². The minimum Gasteiger partial charge on any atom is -0.493 e. The van der Waals surface area contributed by atoms with Crippen molar-refractivity contribution in [3.8, 4) is 11.5 Å². The van der Waals surface area contributed by atoms with Crippen LogP contribution in [-0.2, 0) is 16.6 Å². The zero-order valence-electron chi connectivity index (χ0n) is 16.8. The van der Waals surface area contributed by atoms with Crippen LogP contribution in [-0.4, -0.2) is 53.2 Å².